The van der Waals surface area contributed by atoms with Gasteiger partial charge in [-0.1, -0.05) is 29.8 Å². The maximum Gasteiger partial charge on any atom is 0.144 e. The quantitative estimate of drug-likeness (QED) is 0.302. The summed E-state index contributed by atoms with van der Waals surface area (Å²) in [5.74, 6) is 1.01. The van der Waals surface area contributed by atoms with Crippen LogP contribution in [-0.2, 0) is 11.3 Å². The molecule has 0 aliphatic carbocycles. The Kier molecular flexibility index (Phi) is 6.96. The molecule has 1 atom stereocenters. The number of pyridine rings is 1. The van der Waals surface area contributed by atoms with Crippen LogP contribution >= 0.6 is 11.6 Å². The number of benzene rings is 3. The molecule has 3 N–H and O–H groups in total. The van der Waals surface area contributed by atoms with Crippen LogP contribution in [0.15, 0.2) is 60.8 Å². The normalized spacial score (nSPS) is 14.6. The Morgan fingerprint density at radius 2 is 1.92 bits per heavy atom. The molecule has 1 aliphatic heterocycles. The van der Waals surface area contributed by atoms with E-state index in [1.54, 1.807) is 42.5 Å². The summed E-state index contributed by atoms with van der Waals surface area (Å²) in [7, 11) is 0. The molecule has 2 heterocycles. The van der Waals surface area contributed by atoms with Gasteiger partial charge in [0.15, 0.2) is 0 Å². The van der Waals surface area contributed by atoms with Gasteiger partial charge < -0.3 is 25.3 Å². The summed E-state index contributed by atoms with van der Waals surface area (Å²) >= 11 is 6.50. The number of nitrogen functional groups attached to an aromatic ring is 1. The molecular weight excluding hydrogens is 490 g/mol. The van der Waals surface area contributed by atoms with Crippen LogP contribution in [0.3, 0.4) is 0 Å². The van der Waals surface area contributed by atoms with Crippen molar-refractivity contribution in [2.75, 3.05) is 24.3 Å². The topological polar surface area (TPSA) is 126 Å². The van der Waals surface area contributed by atoms with Crippen LogP contribution < -0.4 is 20.5 Å². The lowest BCUT2D eigenvalue weighted by atomic mass is 10.1. The molecule has 3 aromatic carbocycles. The fourth-order valence-electron chi connectivity index (χ4n) is 4.09. The van der Waals surface area contributed by atoms with E-state index in [0.717, 1.165) is 12.0 Å². The van der Waals surface area contributed by atoms with Crippen LogP contribution in [0.1, 0.15) is 23.1 Å². The van der Waals surface area contributed by atoms with Crippen molar-refractivity contribution >= 4 is 39.6 Å². The zero-order chi connectivity index (χ0) is 25.8. The first-order chi connectivity index (χ1) is 18.1. The fraction of sp³-hybridized carbons (Fsp3) is 0.179. The Bertz CT molecular complexity index is 1550. The molecular formula is C28H22ClN5O3. The summed E-state index contributed by atoms with van der Waals surface area (Å²) in [6.07, 6.45) is 2.26. The lowest BCUT2D eigenvalue weighted by molar-refractivity contribution is 0.142. The van der Waals surface area contributed by atoms with Gasteiger partial charge >= 0.3 is 0 Å². The van der Waals surface area contributed by atoms with E-state index in [0.29, 0.717) is 68.8 Å². The molecule has 1 saturated heterocycles. The van der Waals surface area contributed by atoms with E-state index in [4.69, 9.17) is 31.5 Å². The highest BCUT2D eigenvalue weighted by atomic mass is 35.5. The molecule has 1 aromatic heterocycles. The number of halogens is 1. The number of nitrogens with zero attached hydrogens (tertiary/aromatic N) is 3. The number of nitriles is 2. The minimum Gasteiger partial charge on any atom is -0.487 e. The van der Waals surface area contributed by atoms with Gasteiger partial charge in [0, 0.05) is 35.3 Å². The highest BCUT2D eigenvalue weighted by Crippen LogP contribution is 2.37. The first kappa shape index (κ1) is 24.2. The number of ether oxygens (including phenoxy) is 3. The SMILES string of the molecule is N#Cc1ccccc1COc1ccc(Nc2c(C#N)cnc3cc(OC4CCOC4)c(N)cc23)cc1Cl. The van der Waals surface area contributed by atoms with Crippen LogP contribution in [-0.4, -0.2) is 24.3 Å². The minimum absolute atomic E-state index is 0.0491. The Morgan fingerprint density at radius 3 is 2.68 bits per heavy atom. The summed E-state index contributed by atoms with van der Waals surface area (Å²) in [5, 5.41) is 23.3. The van der Waals surface area contributed by atoms with Crippen molar-refractivity contribution in [2.24, 2.45) is 0 Å². The van der Waals surface area contributed by atoms with Gasteiger partial charge in [-0.05, 0) is 30.3 Å². The first-order valence-electron chi connectivity index (χ1n) is 11.6. The maximum absolute atomic E-state index is 9.72. The summed E-state index contributed by atoms with van der Waals surface area (Å²) < 4.78 is 17.2. The van der Waals surface area contributed by atoms with Crippen LogP contribution in [0.25, 0.3) is 10.9 Å². The van der Waals surface area contributed by atoms with Gasteiger partial charge in [-0.15, -0.1) is 0 Å². The molecule has 0 spiro atoms. The van der Waals surface area contributed by atoms with E-state index >= 15 is 0 Å². The van der Waals surface area contributed by atoms with Crippen molar-refractivity contribution in [2.45, 2.75) is 19.1 Å². The molecule has 184 valence electrons. The van der Waals surface area contributed by atoms with Crippen molar-refractivity contribution in [3.05, 3.63) is 82.5 Å². The summed E-state index contributed by atoms with van der Waals surface area (Å²) in [4.78, 5) is 4.43. The average Bonchev–Trinajstić information content (AvgIpc) is 3.42. The molecule has 5 rings (SSSR count). The predicted molar refractivity (Wildman–Crippen MR) is 141 cm³/mol. The van der Waals surface area contributed by atoms with Crippen molar-refractivity contribution in [1.29, 1.82) is 10.5 Å². The molecule has 0 saturated carbocycles. The second-order valence-corrected chi connectivity index (χ2v) is 8.90. The number of hydrogen-bond donors (Lipinski definition) is 2. The Morgan fingerprint density at radius 1 is 1.08 bits per heavy atom. The van der Waals surface area contributed by atoms with E-state index in [1.165, 1.54) is 6.20 Å². The molecule has 1 fully saturated rings. The van der Waals surface area contributed by atoms with E-state index in [2.05, 4.69) is 22.4 Å². The van der Waals surface area contributed by atoms with E-state index < -0.39 is 0 Å². The lowest BCUT2D eigenvalue weighted by Crippen LogP contribution is -2.16. The van der Waals surface area contributed by atoms with Crippen molar-refractivity contribution in [3.8, 4) is 23.6 Å². The minimum atomic E-state index is -0.0491. The van der Waals surface area contributed by atoms with Gasteiger partial charge in [0.05, 0.1) is 52.3 Å². The number of nitrogens with two attached hydrogens (primary N) is 1. The number of fused-ring (bicyclic) bond motifs is 1. The number of rotatable bonds is 7. The number of hydrogen-bond acceptors (Lipinski definition) is 8. The number of anilines is 3. The van der Waals surface area contributed by atoms with Gasteiger partial charge in [0.1, 0.15) is 30.3 Å². The Balaban J connectivity index is 1.40. The van der Waals surface area contributed by atoms with Crippen LogP contribution in [0.4, 0.5) is 17.1 Å². The molecule has 1 aliphatic rings. The zero-order valence-electron chi connectivity index (χ0n) is 19.7. The van der Waals surface area contributed by atoms with Gasteiger partial charge in [-0.25, -0.2) is 0 Å². The Hall–Kier alpha value is -4.50. The molecule has 1 unspecified atom stereocenters. The molecule has 0 amide bonds. The number of nitrogens with one attached hydrogen (secondary N) is 1. The fourth-order valence-corrected chi connectivity index (χ4v) is 4.33. The smallest absolute Gasteiger partial charge is 0.144 e. The molecule has 8 nitrogen and oxygen atoms in total. The third-order valence-corrected chi connectivity index (χ3v) is 6.32. The lowest BCUT2D eigenvalue weighted by Gasteiger charge is -2.17. The van der Waals surface area contributed by atoms with Crippen molar-refractivity contribution in [3.63, 3.8) is 0 Å². The molecule has 0 radical (unpaired) electrons. The third kappa shape index (κ3) is 5.22. The standard InChI is InChI=1S/C28H22ClN5O3/c29-23-9-20(5-6-26(23)36-15-18-4-2-1-3-17(18)12-30)34-28-19(13-31)14-33-25-11-27(24(32)10-22(25)28)37-21-7-8-35-16-21/h1-6,9-11,14,21H,7-8,15-16,32H2,(H,33,34). The van der Waals surface area contributed by atoms with Gasteiger partial charge in [0.25, 0.3) is 0 Å². The summed E-state index contributed by atoms with van der Waals surface area (Å²) in [5.41, 5.74) is 10.3. The van der Waals surface area contributed by atoms with Gasteiger partial charge in [-0.3, -0.25) is 4.98 Å². The van der Waals surface area contributed by atoms with Crippen LogP contribution in [0.2, 0.25) is 5.02 Å². The van der Waals surface area contributed by atoms with Crippen LogP contribution in [0, 0.1) is 22.7 Å². The summed E-state index contributed by atoms with van der Waals surface area (Å²) in [6, 6.07) is 20.3. The maximum atomic E-state index is 9.72. The second-order valence-electron chi connectivity index (χ2n) is 8.50. The first-order valence-corrected chi connectivity index (χ1v) is 12.0. The van der Waals surface area contributed by atoms with Gasteiger partial charge in [0.2, 0.25) is 0 Å². The van der Waals surface area contributed by atoms with Crippen molar-refractivity contribution in [1.82, 2.24) is 4.98 Å². The predicted octanol–water partition coefficient (Wildman–Crippen LogP) is 5.70. The van der Waals surface area contributed by atoms with E-state index in [1.807, 2.05) is 12.1 Å². The third-order valence-electron chi connectivity index (χ3n) is 6.02. The second kappa shape index (κ2) is 10.6. The highest BCUT2D eigenvalue weighted by molar-refractivity contribution is 6.32. The zero-order valence-corrected chi connectivity index (χ0v) is 20.5. The monoisotopic (exact) mass is 511 g/mol. The Labute approximate surface area is 218 Å². The molecule has 4 aromatic rings. The number of aromatic nitrogens is 1. The molecule has 9 heteroatoms. The highest BCUT2D eigenvalue weighted by Gasteiger charge is 2.20. The largest absolute Gasteiger partial charge is 0.487 e. The average molecular weight is 512 g/mol. The summed E-state index contributed by atoms with van der Waals surface area (Å²) in [6.45, 7) is 1.40. The van der Waals surface area contributed by atoms with E-state index in [9.17, 15) is 10.5 Å². The molecule has 0 bridgehead atoms. The van der Waals surface area contributed by atoms with E-state index in [-0.39, 0.29) is 12.7 Å². The molecule has 37 heavy (non-hydrogen) atoms. The van der Waals surface area contributed by atoms with Crippen molar-refractivity contribution < 1.29 is 14.2 Å². The van der Waals surface area contributed by atoms with Gasteiger partial charge in [-0.2, -0.15) is 10.5 Å². The van der Waals surface area contributed by atoms with Crippen LogP contribution in [0.5, 0.6) is 11.5 Å².